The third kappa shape index (κ3) is 4.52. The minimum Gasteiger partial charge on any atom is -0.508 e. The van der Waals surface area contributed by atoms with Gasteiger partial charge in [0, 0.05) is 43.5 Å². The first-order valence-electron chi connectivity index (χ1n) is 10.6. The second-order valence-electron chi connectivity index (χ2n) is 7.63. The number of benzene rings is 2. The Balaban J connectivity index is 1.23. The maximum Gasteiger partial charge on any atom is 0.321 e. The Bertz CT molecular complexity index is 1180. The lowest BCUT2D eigenvalue weighted by atomic mass is 10.2. The monoisotopic (exact) mass is 449 g/mol. The summed E-state index contributed by atoms with van der Waals surface area (Å²) < 4.78 is 11.1. The molecule has 0 radical (unpaired) electrons. The minimum atomic E-state index is -0.193. The zero-order chi connectivity index (χ0) is 22.8. The molecule has 170 valence electrons. The second kappa shape index (κ2) is 8.69. The number of fused-ring (bicyclic) bond motifs is 1. The molecule has 2 aliphatic heterocycles. The average molecular weight is 449 g/mol. The first kappa shape index (κ1) is 20.6. The third-order valence-corrected chi connectivity index (χ3v) is 5.39. The molecule has 3 aromatic rings. The summed E-state index contributed by atoms with van der Waals surface area (Å²) in [6.07, 6.45) is 0. The van der Waals surface area contributed by atoms with Crippen molar-refractivity contribution in [1.29, 1.82) is 0 Å². The fourth-order valence-corrected chi connectivity index (χ4v) is 3.73. The average Bonchev–Trinajstić information content (AvgIpc) is 2.83. The van der Waals surface area contributed by atoms with E-state index in [1.165, 1.54) is 0 Å². The first-order valence-corrected chi connectivity index (χ1v) is 10.6. The van der Waals surface area contributed by atoms with Crippen LogP contribution in [0.3, 0.4) is 0 Å². The number of urea groups is 1. The van der Waals surface area contributed by atoms with Crippen LogP contribution in [-0.2, 0) is 0 Å². The lowest BCUT2D eigenvalue weighted by molar-refractivity contribution is 0.171. The molecule has 11 nitrogen and oxygen atoms in total. The molecular weight excluding hydrogens is 426 g/mol. The molecule has 2 aromatic carbocycles. The van der Waals surface area contributed by atoms with E-state index < -0.39 is 0 Å². The van der Waals surface area contributed by atoms with Gasteiger partial charge in [0.25, 0.3) is 0 Å². The smallest absolute Gasteiger partial charge is 0.321 e. The predicted molar refractivity (Wildman–Crippen MR) is 122 cm³/mol. The summed E-state index contributed by atoms with van der Waals surface area (Å²) in [7, 11) is 0. The summed E-state index contributed by atoms with van der Waals surface area (Å²) >= 11 is 0. The number of nitrogens with two attached hydrogens (primary N) is 1. The number of phenols is 1. The van der Waals surface area contributed by atoms with Gasteiger partial charge in [-0.2, -0.15) is 15.0 Å². The lowest BCUT2D eigenvalue weighted by Crippen LogP contribution is -2.50. The number of anilines is 3. The number of piperazine rings is 1. The highest BCUT2D eigenvalue weighted by atomic mass is 16.6. The normalized spacial score (nSPS) is 15.3. The summed E-state index contributed by atoms with van der Waals surface area (Å²) in [5, 5.41) is 12.6. The largest absolute Gasteiger partial charge is 0.508 e. The van der Waals surface area contributed by atoms with E-state index in [1.54, 1.807) is 47.4 Å². The van der Waals surface area contributed by atoms with Crippen molar-refractivity contribution >= 4 is 23.6 Å². The molecule has 1 saturated heterocycles. The number of rotatable bonds is 3. The summed E-state index contributed by atoms with van der Waals surface area (Å²) in [4.78, 5) is 29.4. The molecule has 0 spiro atoms. The number of ether oxygens (including phenoxy) is 2. The number of nitrogens with zero attached hydrogens (tertiary/aromatic N) is 5. The van der Waals surface area contributed by atoms with E-state index in [4.69, 9.17) is 15.2 Å². The zero-order valence-electron chi connectivity index (χ0n) is 17.8. The van der Waals surface area contributed by atoms with Crippen molar-refractivity contribution in [2.75, 3.05) is 55.3 Å². The molecule has 1 aromatic heterocycles. The fourth-order valence-electron chi connectivity index (χ4n) is 3.73. The molecule has 5 rings (SSSR count). The molecule has 0 atom stereocenters. The number of aromatic nitrogens is 3. The maximum absolute atomic E-state index is 12.7. The quantitative estimate of drug-likeness (QED) is 0.547. The molecule has 11 heteroatoms. The Hall–Kier alpha value is -4.28. The number of nitrogen functional groups attached to an aromatic ring is 1. The number of hydrogen-bond acceptors (Lipinski definition) is 9. The number of amides is 2. The molecule has 0 unspecified atom stereocenters. The maximum atomic E-state index is 12.7. The van der Waals surface area contributed by atoms with Gasteiger partial charge in [0.2, 0.25) is 11.9 Å². The van der Waals surface area contributed by atoms with Crippen LogP contribution in [0.1, 0.15) is 0 Å². The van der Waals surface area contributed by atoms with Crippen molar-refractivity contribution in [2.45, 2.75) is 0 Å². The molecule has 1 fully saturated rings. The number of aromatic hydroxyl groups is 1. The van der Waals surface area contributed by atoms with E-state index in [0.29, 0.717) is 73.9 Å². The number of carbonyl (C=O) groups is 1. The van der Waals surface area contributed by atoms with Crippen LogP contribution in [0.5, 0.6) is 17.2 Å². The standard InChI is InChI=1S/C22H23N7O4/c23-20-25-19(14-2-1-3-16(30)12-14)26-21(27-20)28-6-8-29(9-7-28)22(31)24-15-4-5-17-18(13-15)33-11-10-32-17/h1-5,12-13,30H,6-11H2,(H,24,31)(H2,23,25,26,27). The third-order valence-electron chi connectivity index (χ3n) is 5.39. The highest BCUT2D eigenvalue weighted by molar-refractivity contribution is 5.90. The molecule has 2 aliphatic rings. The van der Waals surface area contributed by atoms with E-state index in [-0.39, 0.29) is 17.7 Å². The van der Waals surface area contributed by atoms with Crippen molar-refractivity contribution in [1.82, 2.24) is 19.9 Å². The second-order valence-corrected chi connectivity index (χ2v) is 7.63. The van der Waals surface area contributed by atoms with Gasteiger partial charge >= 0.3 is 6.03 Å². The van der Waals surface area contributed by atoms with Crippen molar-refractivity contribution in [3.63, 3.8) is 0 Å². The van der Waals surface area contributed by atoms with Gasteiger partial charge < -0.3 is 35.4 Å². The SMILES string of the molecule is Nc1nc(-c2cccc(O)c2)nc(N2CCN(C(=O)Nc3ccc4c(c3)OCCO4)CC2)n1. The van der Waals surface area contributed by atoms with Gasteiger partial charge in [-0.1, -0.05) is 12.1 Å². The van der Waals surface area contributed by atoms with Crippen molar-refractivity contribution in [3.05, 3.63) is 42.5 Å². The predicted octanol–water partition coefficient (Wildman–Crippen LogP) is 1.95. The molecule has 0 bridgehead atoms. The van der Waals surface area contributed by atoms with Gasteiger partial charge in [0.15, 0.2) is 17.3 Å². The van der Waals surface area contributed by atoms with Crippen LogP contribution in [0, 0.1) is 0 Å². The molecule has 3 heterocycles. The molecule has 4 N–H and O–H groups in total. The molecular formula is C22H23N7O4. The van der Waals surface area contributed by atoms with Crippen LogP contribution >= 0.6 is 0 Å². The topological polar surface area (TPSA) is 139 Å². The van der Waals surface area contributed by atoms with Crippen molar-refractivity contribution in [3.8, 4) is 28.6 Å². The van der Waals surface area contributed by atoms with Crippen LogP contribution in [0.15, 0.2) is 42.5 Å². The minimum absolute atomic E-state index is 0.0946. The Labute approximate surface area is 189 Å². The van der Waals surface area contributed by atoms with Crippen LogP contribution in [-0.4, -0.2) is 70.4 Å². The van der Waals surface area contributed by atoms with Gasteiger partial charge in [-0.15, -0.1) is 0 Å². The number of nitrogens with one attached hydrogen (secondary N) is 1. The zero-order valence-corrected chi connectivity index (χ0v) is 17.8. The van der Waals surface area contributed by atoms with Gasteiger partial charge in [-0.05, 0) is 24.3 Å². The van der Waals surface area contributed by atoms with E-state index >= 15 is 0 Å². The summed E-state index contributed by atoms with van der Waals surface area (Å²) in [5.41, 5.74) is 7.19. The number of phenolic OH excluding ortho intramolecular Hbond substituents is 1. The molecule has 33 heavy (non-hydrogen) atoms. The number of carbonyl (C=O) groups excluding carboxylic acids is 1. The van der Waals surface area contributed by atoms with Crippen LogP contribution in [0.25, 0.3) is 11.4 Å². The van der Waals surface area contributed by atoms with Gasteiger partial charge in [0.1, 0.15) is 19.0 Å². The Morgan fingerprint density at radius 2 is 1.76 bits per heavy atom. The fraction of sp³-hybridized carbons (Fsp3) is 0.273. The first-order chi connectivity index (χ1) is 16.0. The van der Waals surface area contributed by atoms with E-state index in [1.807, 2.05) is 4.90 Å². The van der Waals surface area contributed by atoms with Gasteiger partial charge in [-0.25, -0.2) is 4.79 Å². The van der Waals surface area contributed by atoms with E-state index in [2.05, 4.69) is 20.3 Å². The van der Waals surface area contributed by atoms with Crippen LogP contribution in [0.4, 0.5) is 22.4 Å². The summed E-state index contributed by atoms with van der Waals surface area (Å²) in [6.45, 7) is 3.06. The van der Waals surface area contributed by atoms with Crippen LogP contribution < -0.4 is 25.4 Å². The number of hydrogen-bond donors (Lipinski definition) is 3. The highest BCUT2D eigenvalue weighted by Gasteiger charge is 2.24. The Morgan fingerprint density at radius 1 is 0.970 bits per heavy atom. The van der Waals surface area contributed by atoms with Crippen molar-refractivity contribution in [2.24, 2.45) is 0 Å². The Morgan fingerprint density at radius 3 is 2.55 bits per heavy atom. The van der Waals surface area contributed by atoms with Crippen LogP contribution in [0.2, 0.25) is 0 Å². The van der Waals surface area contributed by atoms with Crippen molar-refractivity contribution < 1.29 is 19.4 Å². The summed E-state index contributed by atoms with van der Waals surface area (Å²) in [5.74, 6) is 2.33. The Kier molecular flexibility index (Phi) is 5.43. The van der Waals surface area contributed by atoms with E-state index in [9.17, 15) is 9.90 Å². The molecule has 0 aliphatic carbocycles. The molecule has 2 amide bonds. The van der Waals surface area contributed by atoms with Gasteiger partial charge in [-0.3, -0.25) is 0 Å². The lowest BCUT2D eigenvalue weighted by Gasteiger charge is -2.34. The molecule has 0 saturated carbocycles. The van der Waals surface area contributed by atoms with E-state index in [0.717, 1.165) is 0 Å². The highest BCUT2D eigenvalue weighted by Crippen LogP contribution is 2.32. The van der Waals surface area contributed by atoms with Gasteiger partial charge in [0.05, 0.1) is 0 Å². The summed E-state index contributed by atoms with van der Waals surface area (Å²) in [6, 6.07) is 11.8.